The van der Waals surface area contributed by atoms with Crippen LogP contribution in [0.3, 0.4) is 0 Å². The first-order valence-electron chi connectivity index (χ1n) is 6.06. The van der Waals surface area contributed by atoms with Crippen molar-refractivity contribution in [3.05, 3.63) is 45.9 Å². The Labute approximate surface area is 120 Å². The number of nitrogens with one attached hydrogen (secondary N) is 1. The van der Waals surface area contributed by atoms with Crippen molar-refractivity contribution < 1.29 is 0 Å². The third-order valence-electron chi connectivity index (χ3n) is 3.08. The highest BCUT2D eigenvalue weighted by Gasteiger charge is 2.09. The smallest absolute Gasteiger partial charge is 0.138 e. The maximum Gasteiger partial charge on any atom is 0.138 e. The second-order valence-corrected chi connectivity index (χ2v) is 5.77. The van der Waals surface area contributed by atoms with Gasteiger partial charge in [0.05, 0.1) is 11.2 Å². The predicted molar refractivity (Wildman–Crippen MR) is 83.1 cm³/mol. The lowest BCUT2D eigenvalue weighted by atomic mass is 10.1. The Morgan fingerprint density at radius 3 is 2.42 bits per heavy atom. The number of anilines is 1. The van der Waals surface area contributed by atoms with E-state index in [-0.39, 0.29) is 0 Å². The first-order chi connectivity index (χ1) is 9.02. The lowest BCUT2D eigenvalue weighted by Gasteiger charge is -2.01. The molecule has 3 N–H and O–H groups in total. The van der Waals surface area contributed by atoms with Gasteiger partial charge in [-0.15, -0.1) is 0 Å². The standard InChI is InChI=1S/C15H14BrN3/c1-8-3-9(2)5-10(4-8)15-18-13-7-11(16)6-12(17)14(13)19-15/h3-7H,17H2,1-2H3,(H,18,19). The number of nitrogens with zero attached hydrogens (tertiary/aromatic N) is 1. The van der Waals surface area contributed by atoms with Crippen LogP contribution in [0.25, 0.3) is 22.4 Å². The summed E-state index contributed by atoms with van der Waals surface area (Å²) in [6, 6.07) is 10.3. The SMILES string of the molecule is Cc1cc(C)cc(-c2nc3c(N)cc(Br)cc3[nH]2)c1. The van der Waals surface area contributed by atoms with Gasteiger partial charge < -0.3 is 10.7 Å². The van der Waals surface area contributed by atoms with Crippen molar-refractivity contribution in [2.75, 3.05) is 5.73 Å². The first kappa shape index (κ1) is 12.2. The van der Waals surface area contributed by atoms with Gasteiger partial charge in [-0.3, -0.25) is 0 Å². The zero-order valence-corrected chi connectivity index (χ0v) is 12.4. The second-order valence-electron chi connectivity index (χ2n) is 4.85. The minimum atomic E-state index is 0.677. The van der Waals surface area contributed by atoms with Gasteiger partial charge in [-0.25, -0.2) is 4.98 Å². The Kier molecular flexibility index (Phi) is 2.82. The van der Waals surface area contributed by atoms with E-state index in [0.29, 0.717) is 5.69 Å². The van der Waals surface area contributed by atoms with Crippen LogP contribution in [0.2, 0.25) is 0 Å². The van der Waals surface area contributed by atoms with E-state index in [0.717, 1.165) is 26.9 Å². The average molecular weight is 316 g/mol. The minimum absolute atomic E-state index is 0.677. The summed E-state index contributed by atoms with van der Waals surface area (Å²) in [5.41, 5.74) is 12.0. The number of benzene rings is 2. The largest absolute Gasteiger partial charge is 0.397 e. The molecule has 0 bridgehead atoms. The van der Waals surface area contributed by atoms with Gasteiger partial charge in [0.1, 0.15) is 11.3 Å². The molecule has 0 aliphatic carbocycles. The number of halogens is 1. The third kappa shape index (κ3) is 2.24. The number of aryl methyl sites for hydroxylation is 2. The minimum Gasteiger partial charge on any atom is -0.397 e. The van der Waals surface area contributed by atoms with Gasteiger partial charge in [-0.1, -0.05) is 33.1 Å². The summed E-state index contributed by atoms with van der Waals surface area (Å²) in [6.07, 6.45) is 0. The van der Waals surface area contributed by atoms with Crippen LogP contribution >= 0.6 is 15.9 Å². The number of hydrogen-bond donors (Lipinski definition) is 2. The van der Waals surface area contributed by atoms with Crippen LogP contribution in [0.1, 0.15) is 11.1 Å². The van der Waals surface area contributed by atoms with Crippen LogP contribution in [-0.4, -0.2) is 9.97 Å². The van der Waals surface area contributed by atoms with Crippen LogP contribution < -0.4 is 5.73 Å². The summed E-state index contributed by atoms with van der Waals surface area (Å²) >= 11 is 3.44. The first-order valence-corrected chi connectivity index (χ1v) is 6.85. The fourth-order valence-corrected chi connectivity index (χ4v) is 2.83. The molecule has 1 heterocycles. The molecule has 19 heavy (non-hydrogen) atoms. The Balaban J connectivity index is 2.23. The molecule has 2 aromatic carbocycles. The fourth-order valence-electron chi connectivity index (χ4n) is 2.36. The number of H-pyrrole nitrogens is 1. The van der Waals surface area contributed by atoms with Crippen molar-refractivity contribution in [1.82, 2.24) is 9.97 Å². The number of hydrogen-bond acceptors (Lipinski definition) is 2. The predicted octanol–water partition coefficient (Wildman–Crippen LogP) is 4.19. The number of nitrogen functional groups attached to an aromatic ring is 1. The van der Waals surface area contributed by atoms with E-state index in [4.69, 9.17) is 5.73 Å². The van der Waals surface area contributed by atoms with Gasteiger partial charge in [0, 0.05) is 10.0 Å². The lowest BCUT2D eigenvalue weighted by molar-refractivity contribution is 1.30. The summed E-state index contributed by atoms with van der Waals surface area (Å²) in [5, 5.41) is 0. The summed E-state index contributed by atoms with van der Waals surface area (Å²) < 4.78 is 0.952. The van der Waals surface area contributed by atoms with Crippen molar-refractivity contribution in [3.63, 3.8) is 0 Å². The molecule has 0 saturated carbocycles. The fraction of sp³-hybridized carbons (Fsp3) is 0.133. The molecule has 0 atom stereocenters. The topological polar surface area (TPSA) is 54.7 Å². The van der Waals surface area contributed by atoms with Gasteiger partial charge >= 0.3 is 0 Å². The molecule has 0 spiro atoms. The van der Waals surface area contributed by atoms with Crippen molar-refractivity contribution in [2.45, 2.75) is 13.8 Å². The van der Waals surface area contributed by atoms with E-state index in [1.54, 1.807) is 0 Å². The summed E-state index contributed by atoms with van der Waals surface area (Å²) in [5.74, 6) is 0.853. The summed E-state index contributed by atoms with van der Waals surface area (Å²) in [6.45, 7) is 4.17. The normalized spacial score (nSPS) is 11.1. The highest BCUT2D eigenvalue weighted by molar-refractivity contribution is 9.10. The van der Waals surface area contributed by atoms with Crippen LogP contribution in [0.4, 0.5) is 5.69 Å². The molecule has 96 valence electrons. The van der Waals surface area contributed by atoms with Crippen molar-refractivity contribution >= 4 is 32.7 Å². The Bertz CT molecular complexity index is 754. The molecule has 3 nitrogen and oxygen atoms in total. The van der Waals surface area contributed by atoms with Crippen LogP contribution in [0.5, 0.6) is 0 Å². The van der Waals surface area contributed by atoms with E-state index in [9.17, 15) is 0 Å². The monoisotopic (exact) mass is 315 g/mol. The van der Waals surface area contributed by atoms with Gasteiger partial charge in [0.2, 0.25) is 0 Å². The molecular weight excluding hydrogens is 302 g/mol. The van der Waals surface area contributed by atoms with Crippen LogP contribution in [-0.2, 0) is 0 Å². The maximum atomic E-state index is 6.00. The molecule has 3 aromatic rings. The Morgan fingerprint density at radius 2 is 1.74 bits per heavy atom. The second kappa shape index (κ2) is 4.38. The molecule has 0 radical (unpaired) electrons. The third-order valence-corrected chi connectivity index (χ3v) is 3.53. The summed E-state index contributed by atoms with van der Waals surface area (Å²) in [7, 11) is 0. The molecule has 4 heteroatoms. The van der Waals surface area contributed by atoms with E-state index in [1.807, 2.05) is 12.1 Å². The number of aromatic nitrogens is 2. The number of imidazole rings is 1. The van der Waals surface area contributed by atoms with Crippen LogP contribution in [0, 0.1) is 13.8 Å². The Hall–Kier alpha value is -1.81. The molecule has 0 amide bonds. The van der Waals surface area contributed by atoms with Crippen LogP contribution in [0.15, 0.2) is 34.8 Å². The van der Waals surface area contributed by atoms with Crippen molar-refractivity contribution in [2.24, 2.45) is 0 Å². The molecule has 1 aromatic heterocycles. The number of aromatic amines is 1. The van der Waals surface area contributed by atoms with Gasteiger partial charge in [-0.2, -0.15) is 0 Å². The molecule has 0 aliphatic rings. The number of nitrogens with two attached hydrogens (primary N) is 1. The van der Waals surface area contributed by atoms with E-state index in [2.05, 4.69) is 57.9 Å². The molecule has 0 fully saturated rings. The molecule has 0 aliphatic heterocycles. The van der Waals surface area contributed by atoms with Crippen molar-refractivity contribution in [3.8, 4) is 11.4 Å². The zero-order chi connectivity index (χ0) is 13.6. The van der Waals surface area contributed by atoms with Crippen molar-refractivity contribution in [1.29, 1.82) is 0 Å². The number of rotatable bonds is 1. The van der Waals surface area contributed by atoms with E-state index in [1.165, 1.54) is 11.1 Å². The highest BCUT2D eigenvalue weighted by Crippen LogP contribution is 2.28. The molecular formula is C15H14BrN3. The molecule has 3 rings (SSSR count). The zero-order valence-electron chi connectivity index (χ0n) is 10.8. The van der Waals surface area contributed by atoms with E-state index >= 15 is 0 Å². The van der Waals surface area contributed by atoms with Gasteiger partial charge in [0.15, 0.2) is 0 Å². The van der Waals surface area contributed by atoms with Gasteiger partial charge in [-0.05, 0) is 38.1 Å². The quantitative estimate of drug-likeness (QED) is 0.661. The van der Waals surface area contributed by atoms with E-state index < -0.39 is 0 Å². The molecule has 0 saturated heterocycles. The Morgan fingerprint density at radius 1 is 1.05 bits per heavy atom. The van der Waals surface area contributed by atoms with Gasteiger partial charge in [0.25, 0.3) is 0 Å². The number of fused-ring (bicyclic) bond motifs is 1. The average Bonchev–Trinajstić information content (AvgIpc) is 2.71. The maximum absolute atomic E-state index is 6.00. The summed E-state index contributed by atoms with van der Waals surface area (Å²) in [4.78, 5) is 7.93. The highest BCUT2D eigenvalue weighted by atomic mass is 79.9. The lowest BCUT2D eigenvalue weighted by Crippen LogP contribution is -1.86. The molecule has 0 unspecified atom stereocenters.